The molecule has 20 heavy (non-hydrogen) atoms. The van der Waals surface area contributed by atoms with Crippen LogP contribution in [0.2, 0.25) is 0 Å². The summed E-state index contributed by atoms with van der Waals surface area (Å²) in [4.78, 5) is 12.8. The molecule has 0 bridgehead atoms. The van der Waals surface area contributed by atoms with Crippen molar-refractivity contribution in [2.75, 3.05) is 6.54 Å². The van der Waals surface area contributed by atoms with Crippen LogP contribution in [0.5, 0.6) is 5.75 Å². The Kier molecular flexibility index (Phi) is 5.11. The molecule has 0 aliphatic heterocycles. The van der Waals surface area contributed by atoms with Crippen molar-refractivity contribution < 1.29 is 19.4 Å². The molecule has 0 aliphatic rings. The molecule has 0 saturated carbocycles. The molecular formula is C15H22FNO3. The molecule has 0 aliphatic carbocycles. The first-order chi connectivity index (χ1) is 9.12. The molecule has 5 heteroatoms. The number of hydrogen-bond acceptors (Lipinski definition) is 3. The molecule has 0 fully saturated rings. The van der Waals surface area contributed by atoms with E-state index < -0.39 is 11.8 Å². The van der Waals surface area contributed by atoms with Crippen LogP contribution < -0.4 is 0 Å². The second-order valence-corrected chi connectivity index (χ2v) is 5.89. The van der Waals surface area contributed by atoms with Crippen LogP contribution >= 0.6 is 0 Å². The molecule has 1 unspecified atom stereocenters. The lowest BCUT2D eigenvalue weighted by molar-refractivity contribution is -0.137. The fourth-order valence-corrected chi connectivity index (χ4v) is 2.36. The van der Waals surface area contributed by atoms with E-state index in [2.05, 4.69) is 0 Å². The number of carboxylic acid groups (broad SMARTS) is 1. The number of hydrogen-bond donors (Lipinski definition) is 2. The zero-order valence-electron chi connectivity index (χ0n) is 12.4. The number of carboxylic acids is 1. The van der Waals surface area contributed by atoms with Crippen molar-refractivity contribution in [2.45, 2.75) is 45.7 Å². The Morgan fingerprint density at radius 3 is 2.45 bits per heavy atom. The molecular weight excluding hydrogens is 261 g/mol. The van der Waals surface area contributed by atoms with Gasteiger partial charge in [-0.05, 0) is 33.8 Å². The summed E-state index contributed by atoms with van der Waals surface area (Å²) in [6, 6.07) is 3.69. The topological polar surface area (TPSA) is 60.8 Å². The molecule has 1 atom stereocenters. The summed E-state index contributed by atoms with van der Waals surface area (Å²) in [6.07, 6.45) is 0.0174. The van der Waals surface area contributed by atoms with Crippen molar-refractivity contribution in [1.29, 1.82) is 0 Å². The van der Waals surface area contributed by atoms with Crippen molar-refractivity contribution in [3.63, 3.8) is 0 Å². The highest BCUT2D eigenvalue weighted by Crippen LogP contribution is 2.33. The average Bonchev–Trinajstić information content (AvgIpc) is 2.26. The Balaban J connectivity index is 3.03. The van der Waals surface area contributed by atoms with Gasteiger partial charge in [0.25, 0.3) is 0 Å². The van der Waals surface area contributed by atoms with Gasteiger partial charge in [0.15, 0.2) is 0 Å². The van der Waals surface area contributed by atoms with E-state index in [4.69, 9.17) is 5.11 Å². The molecule has 0 heterocycles. The van der Waals surface area contributed by atoms with Gasteiger partial charge in [0, 0.05) is 29.8 Å². The van der Waals surface area contributed by atoms with Crippen molar-refractivity contribution in [3.05, 3.63) is 29.6 Å². The number of halogens is 1. The molecule has 0 radical (unpaired) electrons. The summed E-state index contributed by atoms with van der Waals surface area (Å²) in [5, 5.41) is 18.7. The molecule has 0 saturated heterocycles. The van der Waals surface area contributed by atoms with Crippen LogP contribution in [0.3, 0.4) is 0 Å². The summed E-state index contributed by atoms with van der Waals surface area (Å²) < 4.78 is 13.0. The van der Waals surface area contributed by atoms with Crippen molar-refractivity contribution in [1.82, 2.24) is 4.90 Å². The molecule has 1 aromatic carbocycles. The van der Waals surface area contributed by atoms with E-state index in [-0.39, 0.29) is 23.8 Å². The predicted molar refractivity (Wildman–Crippen MR) is 75.2 cm³/mol. The summed E-state index contributed by atoms with van der Waals surface area (Å²) in [5.41, 5.74) is 0.321. The zero-order chi connectivity index (χ0) is 15.5. The second-order valence-electron chi connectivity index (χ2n) is 5.89. The zero-order valence-corrected chi connectivity index (χ0v) is 12.4. The van der Waals surface area contributed by atoms with Crippen LogP contribution in [0.4, 0.5) is 4.39 Å². The maximum absolute atomic E-state index is 13.0. The lowest BCUT2D eigenvalue weighted by atomic mass is 9.97. The van der Waals surface area contributed by atoms with Gasteiger partial charge in [0.1, 0.15) is 11.6 Å². The predicted octanol–water partition coefficient (Wildman–Crippen LogP) is 3.17. The minimum absolute atomic E-state index is 0.0174. The highest BCUT2D eigenvalue weighted by molar-refractivity contribution is 5.66. The molecule has 0 spiro atoms. The van der Waals surface area contributed by atoms with Gasteiger partial charge in [0.2, 0.25) is 0 Å². The first kappa shape index (κ1) is 16.4. The lowest BCUT2D eigenvalue weighted by Crippen LogP contribution is -2.44. The smallest absolute Gasteiger partial charge is 0.304 e. The minimum atomic E-state index is -0.866. The third-order valence-electron chi connectivity index (χ3n) is 3.34. The van der Waals surface area contributed by atoms with Crippen molar-refractivity contribution in [2.24, 2.45) is 0 Å². The number of rotatable bonds is 5. The largest absolute Gasteiger partial charge is 0.508 e. The van der Waals surface area contributed by atoms with Gasteiger partial charge in [-0.3, -0.25) is 9.69 Å². The summed E-state index contributed by atoms with van der Waals surface area (Å²) >= 11 is 0. The number of phenolic OH excluding ortho intramolecular Hbond substituents is 1. The number of phenols is 1. The van der Waals surface area contributed by atoms with Crippen molar-refractivity contribution >= 4 is 5.97 Å². The minimum Gasteiger partial charge on any atom is -0.508 e. The van der Waals surface area contributed by atoms with Crippen LogP contribution in [-0.4, -0.2) is 33.2 Å². The van der Waals surface area contributed by atoms with Crippen LogP contribution in [0.1, 0.15) is 45.7 Å². The summed E-state index contributed by atoms with van der Waals surface area (Å²) in [7, 11) is 0. The van der Waals surface area contributed by atoms with E-state index in [1.807, 2.05) is 32.6 Å². The third-order valence-corrected chi connectivity index (χ3v) is 3.34. The van der Waals surface area contributed by atoms with Gasteiger partial charge < -0.3 is 10.2 Å². The number of carbonyl (C=O) groups is 1. The Labute approximate surface area is 118 Å². The SMILES string of the molecule is CC(c1ccc(F)cc1O)N(CCC(=O)O)C(C)(C)C. The van der Waals surface area contributed by atoms with E-state index in [0.29, 0.717) is 12.1 Å². The first-order valence-corrected chi connectivity index (χ1v) is 6.60. The number of aromatic hydroxyl groups is 1. The third kappa shape index (κ3) is 4.20. The summed E-state index contributed by atoms with van der Waals surface area (Å²) in [5.74, 6) is -1.47. The molecule has 2 N–H and O–H groups in total. The second kappa shape index (κ2) is 6.22. The molecule has 0 aromatic heterocycles. The van der Waals surface area contributed by atoms with E-state index in [0.717, 1.165) is 6.07 Å². The van der Waals surface area contributed by atoms with Crippen molar-refractivity contribution in [3.8, 4) is 5.75 Å². The van der Waals surface area contributed by atoms with E-state index in [9.17, 15) is 14.3 Å². The van der Waals surface area contributed by atoms with Gasteiger partial charge >= 0.3 is 5.97 Å². The Bertz CT molecular complexity index is 482. The highest BCUT2D eigenvalue weighted by atomic mass is 19.1. The van der Waals surface area contributed by atoms with Crippen LogP contribution in [-0.2, 0) is 4.79 Å². The average molecular weight is 283 g/mol. The first-order valence-electron chi connectivity index (χ1n) is 6.60. The van der Waals surface area contributed by atoms with Gasteiger partial charge in [-0.15, -0.1) is 0 Å². The monoisotopic (exact) mass is 283 g/mol. The van der Waals surface area contributed by atoms with Crippen LogP contribution in [0.25, 0.3) is 0 Å². The standard InChI is InChI=1S/C15H22FNO3/c1-10(12-6-5-11(16)9-13(12)18)17(15(2,3)4)8-7-14(19)20/h5-6,9-10,18H,7-8H2,1-4H3,(H,19,20). The summed E-state index contributed by atoms with van der Waals surface area (Å²) in [6.45, 7) is 8.17. The van der Waals surface area contributed by atoms with E-state index in [1.54, 1.807) is 0 Å². The normalized spacial score (nSPS) is 13.5. The van der Waals surface area contributed by atoms with Gasteiger partial charge in [-0.2, -0.15) is 0 Å². The van der Waals surface area contributed by atoms with Gasteiger partial charge in [-0.1, -0.05) is 6.07 Å². The maximum atomic E-state index is 13.0. The molecule has 4 nitrogen and oxygen atoms in total. The van der Waals surface area contributed by atoms with Crippen LogP contribution in [0.15, 0.2) is 18.2 Å². The van der Waals surface area contributed by atoms with Gasteiger partial charge in [-0.25, -0.2) is 4.39 Å². The highest BCUT2D eigenvalue weighted by Gasteiger charge is 2.28. The Morgan fingerprint density at radius 1 is 1.40 bits per heavy atom. The van der Waals surface area contributed by atoms with E-state index >= 15 is 0 Å². The van der Waals surface area contributed by atoms with Crippen LogP contribution in [0, 0.1) is 5.82 Å². The number of nitrogens with zero attached hydrogens (tertiary/aromatic N) is 1. The molecule has 112 valence electrons. The maximum Gasteiger partial charge on any atom is 0.304 e. The quantitative estimate of drug-likeness (QED) is 0.871. The van der Waals surface area contributed by atoms with Gasteiger partial charge in [0.05, 0.1) is 6.42 Å². The molecule has 0 amide bonds. The lowest BCUT2D eigenvalue weighted by Gasteiger charge is -2.40. The number of aliphatic carboxylic acids is 1. The molecule has 1 aromatic rings. The number of benzene rings is 1. The Hall–Kier alpha value is -1.62. The molecule has 1 rings (SSSR count). The fourth-order valence-electron chi connectivity index (χ4n) is 2.36. The van der Waals surface area contributed by atoms with E-state index in [1.165, 1.54) is 12.1 Å². The Morgan fingerprint density at radius 2 is 2.00 bits per heavy atom. The fraction of sp³-hybridized carbons (Fsp3) is 0.533.